The highest BCUT2D eigenvalue weighted by molar-refractivity contribution is 5.95. The van der Waals surface area contributed by atoms with Crippen molar-refractivity contribution >= 4 is 23.2 Å². The Morgan fingerprint density at radius 1 is 1.22 bits per heavy atom. The third kappa shape index (κ3) is 5.39. The zero-order valence-corrected chi connectivity index (χ0v) is 15.5. The molecule has 2 N–H and O–H groups in total. The molecular formula is C20H25FN4O2. The SMILES string of the molecule is Cn1cc(CCC(=O)Nc2ccc(F)c(NC(=O)C3CCCCC3)c2)cn1. The van der Waals surface area contributed by atoms with Gasteiger partial charge in [-0.1, -0.05) is 19.3 Å². The van der Waals surface area contributed by atoms with Crippen LogP contribution in [0.4, 0.5) is 15.8 Å². The summed E-state index contributed by atoms with van der Waals surface area (Å²) in [5.41, 5.74) is 1.55. The van der Waals surface area contributed by atoms with Crippen LogP contribution in [0.25, 0.3) is 0 Å². The number of benzene rings is 1. The Hall–Kier alpha value is -2.70. The number of rotatable bonds is 6. The summed E-state index contributed by atoms with van der Waals surface area (Å²) in [5, 5.41) is 9.50. The van der Waals surface area contributed by atoms with E-state index >= 15 is 0 Å². The molecule has 1 aromatic carbocycles. The summed E-state index contributed by atoms with van der Waals surface area (Å²) in [6.45, 7) is 0. The van der Waals surface area contributed by atoms with Crippen molar-refractivity contribution in [1.29, 1.82) is 0 Å². The molecule has 0 aliphatic heterocycles. The van der Waals surface area contributed by atoms with Gasteiger partial charge in [0.15, 0.2) is 0 Å². The number of hydrogen-bond acceptors (Lipinski definition) is 3. The van der Waals surface area contributed by atoms with Gasteiger partial charge in [0.2, 0.25) is 11.8 Å². The Balaban J connectivity index is 1.57. The molecule has 27 heavy (non-hydrogen) atoms. The molecule has 1 fully saturated rings. The molecule has 7 heteroatoms. The van der Waals surface area contributed by atoms with Crippen LogP contribution in [0.2, 0.25) is 0 Å². The molecule has 1 heterocycles. The molecular weight excluding hydrogens is 347 g/mol. The van der Waals surface area contributed by atoms with Crippen LogP contribution in [0.5, 0.6) is 0 Å². The topological polar surface area (TPSA) is 76.0 Å². The molecule has 3 rings (SSSR count). The van der Waals surface area contributed by atoms with Gasteiger partial charge in [0.25, 0.3) is 0 Å². The number of carbonyl (C=O) groups excluding carboxylic acids is 2. The van der Waals surface area contributed by atoms with Gasteiger partial charge in [-0.05, 0) is 43.0 Å². The first-order chi connectivity index (χ1) is 13.0. The largest absolute Gasteiger partial charge is 0.326 e. The van der Waals surface area contributed by atoms with E-state index in [1.807, 2.05) is 13.2 Å². The first kappa shape index (κ1) is 19.1. The van der Waals surface area contributed by atoms with Crippen LogP contribution in [-0.4, -0.2) is 21.6 Å². The van der Waals surface area contributed by atoms with E-state index in [1.165, 1.54) is 18.2 Å². The second kappa shape index (κ2) is 8.79. The molecule has 0 unspecified atom stereocenters. The van der Waals surface area contributed by atoms with Crippen molar-refractivity contribution in [3.05, 3.63) is 42.0 Å². The highest BCUT2D eigenvalue weighted by Crippen LogP contribution is 2.26. The number of nitrogens with one attached hydrogen (secondary N) is 2. The molecule has 1 aromatic heterocycles. The second-order valence-electron chi connectivity index (χ2n) is 7.09. The molecule has 0 saturated heterocycles. The minimum Gasteiger partial charge on any atom is -0.326 e. The van der Waals surface area contributed by atoms with Crippen LogP contribution in [0.1, 0.15) is 44.1 Å². The summed E-state index contributed by atoms with van der Waals surface area (Å²) in [4.78, 5) is 24.5. The Bertz CT molecular complexity index is 812. The number of anilines is 2. The van der Waals surface area contributed by atoms with Gasteiger partial charge >= 0.3 is 0 Å². The number of aromatic nitrogens is 2. The van der Waals surface area contributed by atoms with Gasteiger partial charge in [0, 0.05) is 31.3 Å². The van der Waals surface area contributed by atoms with Crippen molar-refractivity contribution in [1.82, 2.24) is 9.78 Å². The molecule has 1 aliphatic rings. The van der Waals surface area contributed by atoms with E-state index in [-0.39, 0.29) is 23.4 Å². The van der Waals surface area contributed by atoms with Crippen LogP contribution in [0.3, 0.4) is 0 Å². The maximum absolute atomic E-state index is 14.1. The number of halogens is 1. The molecule has 0 bridgehead atoms. The van der Waals surface area contributed by atoms with E-state index in [0.29, 0.717) is 18.5 Å². The third-order valence-corrected chi connectivity index (χ3v) is 4.88. The van der Waals surface area contributed by atoms with Gasteiger partial charge in [0.05, 0.1) is 11.9 Å². The molecule has 1 aliphatic carbocycles. The summed E-state index contributed by atoms with van der Waals surface area (Å²) >= 11 is 0. The zero-order valence-electron chi connectivity index (χ0n) is 15.5. The van der Waals surface area contributed by atoms with E-state index < -0.39 is 5.82 Å². The lowest BCUT2D eigenvalue weighted by molar-refractivity contribution is -0.120. The molecule has 2 amide bonds. The average molecular weight is 372 g/mol. The number of aryl methyl sites for hydroxylation is 2. The van der Waals surface area contributed by atoms with Gasteiger partial charge in [-0.25, -0.2) is 4.39 Å². The summed E-state index contributed by atoms with van der Waals surface area (Å²) in [6, 6.07) is 4.22. The lowest BCUT2D eigenvalue weighted by Crippen LogP contribution is -2.25. The monoisotopic (exact) mass is 372 g/mol. The maximum Gasteiger partial charge on any atom is 0.227 e. The third-order valence-electron chi connectivity index (χ3n) is 4.88. The quantitative estimate of drug-likeness (QED) is 0.813. The Morgan fingerprint density at radius 2 is 2.00 bits per heavy atom. The highest BCUT2D eigenvalue weighted by Gasteiger charge is 2.22. The normalized spacial score (nSPS) is 14.7. The zero-order chi connectivity index (χ0) is 19.2. The van der Waals surface area contributed by atoms with E-state index in [9.17, 15) is 14.0 Å². The van der Waals surface area contributed by atoms with Crippen LogP contribution in [0, 0.1) is 11.7 Å². The number of nitrogens with zero attached hydrogens (tertiary/aromatic N) is 2. The van der Waals surface area contributed by atoms with Gasteiger partial charge < -0.3 is 10.6 Å². The van der Waals surface area contributed by atoms with Gasteiger partial charge in [-0.2, -0.15) is 5.10 Å². The van der Waals surface area contributed by atoms with Crippen LogP contribution < -0.4 is 10.6 Å². The Morgan fingerprint density at radius 3 is 2.70 bits per heavy atom. The standard InChI is InChI=1S/C20H25FN4O2/c1-25-13-14(12-22-25)7-10-19(26)23-16-8-9-17(21)18(11-16)24-20(27)15-5-3-2-4-6-15/h8-9,11-13,15H,2-7,10H2,1H3,(H,23,26)(H,24,27). The number of amides is 2. The number of carbonyl (C=O) groups is 2. The molecule has 0 spiro atoms. The fraction of sp³-hybridized carbons (Fsp3) is 0.450. The van der Waals surface area contributed by atoms with E-state index in [1.54, 1.807) is 10.9 Å². The van der Waals surface area contributed by atoms with Crippen molar-refractivity contribution in [2.75, 3.05) is 10.6 Å². The summed E-state index contributed by atoms with van der Waals surface area (Å²) < 4.78 is 15.8. The molecule has 2 aromatic rings. The molecule has 144 valence electrons. The van der Waals surface area contributed by atoms with Crippen LogP contribution in [0.15, 0.2) is 30.6 Å². The van der Waals surface area contributed by atoms with E-state index in [0.717, 1.165) is 37.7 Å². The lowest BCUT2D eigenvalue weighted by atomic mass is 9.88. The number of hydrogen-bond donors (Lipinski definition) is 2. The van der Waals surface area contributed by atoms with Crippen LogP contribution in [-0.2, 0) is 23.1 Å². The van der Waals surface area contributed by atoms with Crippen molar-refractivity contribution < 1.29 is 14.0 Å². The van der Waals surface area contributed by atoms with Gasteiger partial charge in [0.1, 0.15) is 5.82 Å². The van der Waals surface area contributed by atoms with Crippen molar-refractivity contribution in [3.63, 3.8) is 0 Å². The van der Waals surface area contributed by atoms with Crippen LogP contribution >= 0.6 is 0 Å². The first-order valence-corrected chi connectivity index (χ1v) is 9.39. The minimum absolute atomic E-state index is 0.0594. The highest BCUT2D eigenvalue weighted by atomic mass is 19.1. The minimum atomic E-state index is -0.507. The summed E-state index contributed by atoms with van der Waals surface area (Å²) in [6.07, 6.45) is 9.38. The molecule has 0 atom stereocenters. The van der Waals surface area contributed by atoms with E-state index in [4.69, 9.17) is 0 Å². The first-order valence-electron chi connectivity index (χ1n) is 9.39. The molecule has 6 nitrogen and oxygen atoms in total. The average Bonchev–Trinajstić information content (AvgIpc) is 3.09. The fourth-order valence-corrected chi connectivity index (χ4v) is 3.38. The van der Waals surface area contributed by atoms with Crippen molar-refractivity contribution in [2.45, 2.75) is 44.9 Å². The predicted octanol–water partition coefficient (Wildman–Crippen LogP) is 3.65. The maximum atomic E-state index is 14.1. The molecule has 1 saturated carbocycles. The summed E-state index contributed by atoms with van der Waals surface area (Å²) in [7, 11) is 1.82. The smallest absolute Gasteiger partial charge is 0.227 e. The second-order valence-corrected chi connectivity index (χ2v) is 7.09. The van der Waals surface area contributed by atoms with Crippen molar-refractivity contribution in [2.24, 2.45) is 13.0 Å². The lowest BCUT2D eigenvalue weighted by Gasteiger charge is -2.21. The fourth-order valence-electron chi connectivity index (χ4n) is 3.38. The van der Waals surface area contributed by atoms with Gasteiger partial charge in [-0.3, -0.25) is 14.3 Å². The van der Waals surface area contributed by atoms with E-state index in [2.05, 4.69) is 15.7 Å². The predicted molar refractivity (Wildman–Crippen MR) is 102 cm³/mol. The summed E-state index contributed by atoms with van der Waals surface area (Å²) in [5.74, 6) is -0.882. The van der Waals surface area contributed by atoms with Crippen molar-refractivity contribution in [3.8, 4) is 0 Å². The Labute approximate surface area is 158 Å². The van der Waals surface area contributed by atoms with Gasteiger partial charge in [-0.15, -0.1) is 0 Å². The molecule has 0 radical (unpaired) electrons. The Kier molecular flexibility index (Phi) is 6.21.